The third-order valence-corrected chi connectivity index (χ3v) is 4.75. The summed E-state index contributed by atoms with van der Waals surface area (Å²) >= 11 is 0. The van der Waals surface area contributed by atoms with Gasteiger partial charge in [-0.3, -0.25) is 14.6 Å². The van der Waals surface area contributed by atoms with E-state index in [1.165, 1.54) is 12.1 Å². The molecule has 0 fully saturated rings. The van der Waals surface area contributed by atoms with Gasteiger partial charge in [0.05, 0.1) is 11.1 Å². The molecule has 3 aromatic rings. The van der Waals surface area contributed by atoms with Gasteiger partial charge < -0.3 is 10.2 Å². The van der Waals surface area contributed by atoms with Crippen molar-refractivity contribution < 1.29 is 14.0 Å². The van der Waals surface area contributed by atoms with Crippen molar-refractivity contribution in [1.82, 2.24) is 15.2 Å². The largest absolute Gasteiger partial charge is 0.348 e. The van der Waals surface area contributed by atoms with Crippen LogP contribution in [0.1, 0.15) is 37.4 Å². The van der Waals surface area contributed by atoms with Crippen molar-refractivity contribution in [3.05, 3.63) is 101 Å². The molecule has 0 radical (unpaired) electrons. The van der Waals surface area contributed by atoms with Crippen LogP contribution in [0.15, 0.2) is 67.0 Å². The van der Waals surface area contributed by atoms with Gasteiger partial charge in [0, 0.05) is 32.0 Å². The molecular weight excluding hydrogens is 357 g/mol. The lowest BCUT2D eigenvalue weighted by Gasteiger charge is -2.15. The van der Waals surface area contributed by atoms with E-state index >= 15 is 0 Å². The van der Waals surface area contributed by atoms with Gasteiger partial charge in [-0.2, -0.15) is 0 Å². The van der Waals surface area contributed by atoms with Crippen LogP contribution >= 0.6 is 0 Å². The number of hydrogen-bond acceptors (Lipinski definition) is 3. The highest BCUT2D eigenvalue weighted by Crippen LogP contribution is 2.27. The molecule has 2 amide bonds. The Kier molecular flexibility index (Phi) is 4.85. The number of aromatic nitrogens is 1. The number of rotatable bonds is 5. The van der Waals surface area contributed by atoms with Crippen molar-refractivity contribution in [3.8, 4) is 0 Å². The fourth-order valence-electron chi connectivity index (χ4n) is 3.33. The van der Waals surface area contributed by atoms with Crippen molar-refractivity contribution in [2.45, 2.75) is 19.6 Å². The minimum Gasteiger partial charge on any atom is -0.348 e. The van der Waals surface area contributed by atoms with E-state index in [1.807, 2.05) is 18.2 Å². The summed E-state index contributed by atoms with van der Waals surface area (Å²) in [5, 5.41) is 2.81. The van der Waals surface area contributed by atoms with E-state index in [0.29, 0.717) is 24.2 Å². The summed E-state index contributed by atoms with van der Waals surface area (Å²) < 4.78 is 13.0. The van der Waals surface area contributed by atoms with Crippen LogP contribution in [0.2, 0.25) is 0 Å². The van der Waals surface area contributed by atoms with E-state index in [-0.39, 0.29) is 24.2 Å². The first-order valence-corrected chi connectivity index (χ1v) is 8.94. The standard InChI is InChI=1S/C22H18FN3O2/c23-18-6-4-15(5-7-18)12-25-21(27)19-3-1-2-17-14-26(22(28)20(17)19)13-16-8-10-24-11-9-16/h1-11H,12-14H2,(H,25,27). The summed E-state index contributed by atoms with van der Waals surface area (Å²) in [6.45, 7) is 1.19. The molecule has 0 unspecified atom stereocenters. The average molecular weight is 375 g/mol. The van der Waals surface area contributed by atoms with Gasteiger partial charge in [0.1, 0.15) is 5.82 Å². The predicted octanol–water partition coefficient (Wildman–Crippen LogP) is 3.31. The molecule has 0 saturated heterocycles. The minimum absolute atomic E-state index is 0.153. The molecule has 4 rings (SSSR count). The third-order valence-electron chi connectivity index (χ3n) is 4.75. The molecule has 5 nitrogen and oxygen atoms in total. The molecule has 0 atom stereocenters. The Hall–Kier alpha value is -3.54. The summed E-state index contributed by atoms with van der Waals surface area (Å²) in [7, 11) is 0. The smallest absolute Gasteiger partial charge is 0.255 e. The molecule has 0 spiro atoms. The van der Waals surface area contributed by atoms with E-state index in [2.05, 4.69) is 10.3 Å². The fraction of sp³-hybridized carbons (Fsp3) is 0.136. The van der Waals surface area contributed by atoms with Crippen molar-refractivity contribution in [3.63, 3.8) is 0 Å². The van der Waals surface area contributed by atoms with Crippen LogP contribution in [-0.4, -0.2) is 21.7 Å². The molecule has 2 heterocycles. The van der Waals surface area contributed by atoms with E-state index in [1.54, 1.807) is 41.6 Å². The number of fused-ring (bicyclic) bond motifs is 1. The first kappa shape index (κ1) is 17.9. The molecular formula is C22H18FN3O2. The van der Waals surface area contributed by atoms with Crippen LogP contribution in [0.25, 0.3) is 0 Å². The van der Waals surface area contributed by atoms with E-state index in [4.69, 9.17) is 0 Å². The second-order valence-corrected chi connectivity index (χ2v) is 6.67. The quantitative estimate of drug-likeness (QED) is 0.744. The Morgan fingerprint density at radius 3 is 2.54 bits per heavy atom. The van der Waals surface area contributed by atoms with Gasteiger partial charge in [-0.25, -0.2) is 4.39 Å². The van der Waals surface area contributed by atoms with Crippen LogP contribution in [0.3, 0.4) is 0 Å². The molecule has 1 N–H and O–H groups in total. The lowest BCUT2D eigenvalue weighted by Crippen LogP contribution is -2.27. The lowest BCUT2D eigenvalue weighted by molar-refractivity contribution is 0.0761. The molecule has 1 aliphatic rings. The summed E-state index contributed by atoms with van der Waals surface area (Å²) in [6, 6.07) is 15.0. The van der Waals surface area contributed by atoms with Crippen LogP contribution < -0.4 is 5.32 Å². The summed E-state index contributed by atoms with van der Waals surface area (Å²) in [5.74, 6) is -0.796. The third kappa shape index (κ3) is 3.62. The molecule has 0 saturated carbocycles. The Morgan fingerprint density at radius 2 is 1.79 bits per heavy atom. The zero-order chi connectivity index (χ0) is 19.5. The Bertz CT molecular complexity index is 1020. The van der Waals surface area contributed by atoms with Gasteiger partial charge in [0.25, 0.3) is 11.8 Å². The van der Waals surface area contributed by atoms with Gasteiger partial charge in [-0.1, -0.05) is 24.3 Å². The summed E-state index contributed by atoms with van der Waals surface area (Å²) in [4.78, 5) is 31.3. The highest BCUT2D eigenvalue weighted by atomic mass is 19.1. The molecule has 0 aliphatic carbocycles. The monoisotopic (exact) mass is 375 g/mol. The van der Waals surface area contributed by atoms with Crippen LogP contribution in [0.4, 0.5) is 4.39 Å². The molecule has 0 bridgehead atoms. The molecule has 1 aromatic heterocycles. The second kappa shape index (κ2) is 7.60. The normalized spacial score (nSPS) is 12.8. The summed E-state index contributed by atoms with van der Waals surface area (Å²) in [5.41, 5.74) is 3.43. The topological polar surface area (TPSA) is 62.3 Å². The first-order valence-electron chi connectivity index (χ1n) is 8.94. The maximum Gasteiger partial charge on any atom is 0.255 e. The fourth-order valence-corrected chi connectivity index (χ4v) is 3.33. The number of nitrogens with zero attached hydrogens (tertiary/aromatic N) is 2. The number of nitrogens with one attached hydrogen (secondary N) is 1. The van der Waals surface area contributed by atoms with Crippen molar-refractivity contribution in [2.24, 2.45) is 0 Å². The SMILES string of the molecule is O=C(NCc1ccc(F)cc1)c1cccc2c1C(=O)N(Cc1ccncc1)C2. The number of carbonyl (C=O) groups is 2. The first-order chi connectivity index (χ1) is 13.6. The predicted molar refractivity (Wildman–Crippen MR) is 102 cm³/mol. The Morgan fingerprint density at radius 1 is 1.04 bits per heavy atom. The van der Waals surface area contributed by atoms with Gasteiger partial charge in [-0.05, 0) is 47.0 Å². The van der Waals surface area contributed by atoms with E-state index in [9.17, 15) is 14.0 Å². The number of pyridine rings is 1. The Balaban J connectivity index is 1.50. The highest BCUT2D eigenvalue weighted by Gasteiger charge is 2.31. The van der Waals surface area contributed by atoms with Crippen molar-refractivity contribution in [2.75, 3.05) is 0 Å². The number of amides is 2. The average Bonchev–Trinajstić information content (AvgIpc) is 3.03. The Labute approximate surface area is 161 Å². The van der Waals surface area contributed by atoms with Crippen molar-refractivity contribution >= 4 is 11.8 Å². The number of halogens is 1. The molecule has 2 aromatic carbocycles. The maximum absolute atomic E-state index is 13.0. The lowest BCUT2D eigenvalue weighted by atomic mass is 10.0. The zero-order valence-corrected chi connectivity index (χ0v) is 15.1. The zero-order valence-electron chi connectivity index (χ0n) is 15.1. The van der Waals surface area contributed by atoms with Crippen molar-refractivity contribution in [1.29, 1.82) is 0 Å². The molecule has 1 aliphatic heterocycles. The number of hydrogen-bond donors (Lipinski definition) is 1. The maximum atomic E-state index is 13.0. The van der Waals surface area contributed by atoms with Gasteiger partial charge >= 0.3 is 0 Å². The van der Waals surface area contributed by atoms with Crippen LogP contribution in [0.5, 0.6) is 0 Å². The number of carbonyl (C=O) groups excluding carboxylic acids is 2. The van der Waals surface area contributed by atoms with Gasteiger partial charge in [0.15, 0.2) is 0 Å². The van der Waals surface area contributed by atoms with E-state index in [0.717, 1.165) is 16.7 Å². The summed E-state index contributed by atoms with van der Waals surface area (Å²) in [6.07, 6.45) is 3.38. The molecule has 140 valence electrons. The van der Waals surface area contributed by atoms with Crippen LogP contribution in [0, 0.1) is 5.82 Å². The molecule has 28 heavy (non-hydrogen) atoms. The van der Waals surface area contributed by atoms with Crippen LogP contribution in [-0.2, 0) is 19.6 Å². The van der Waals surface area contributed by atoms with Gasteiger partial charge in [-0.15, -0.1) is 0 Å². The minimum atomic E-state index is -0.323. The number of benzene rings is 2. The van der Waals surface area contributed by atoms with Gasteiger partial charge in [0.2, 0.25) is 0 Å². The second-order valence-electron chi connectivity index (χ2n) is 6.67. The highest BCUT2D eigenvalue weighted by molar-refractivity contribution is 6.09. The molecule has 6 heteroatoms. The van der Waals surface area contributed by atoms with E-state index < -0.39 is 0 Å².